The number of nitrogens with one attached hydrogen (secondary N) is 1. The number of pyridine rings is 1. The number of carbonyl (C=O) groups is 2. The normalized spacial score (nSPS) is 10.7. The van der Waals surface area contributed by atoms with Gasteiger partial charge in [-0.25, -0.2) is 9.78 Å². The number of halogens is 1. The lowest BCUT2D eigenvalue weighted by molar-refractivity contribution is -0.115. The van der Waals surface area contributed by atoms with Gasteiger partial charge in [-0.15, -0.1) is 0 Å². The third-order valence-electron chi connectivity index (χ3n) is 6.08. The molecule has 4 aromatic carbocycles. The number of fused-ring (bicyclic) bond motifs is 1. The number of ether oxygens (including phenoxy) is 3. The van der Waals surface area contributed by atoms with Gasteiger partial charge in [0, 0.05) is 17.3 Å². The Morgan fingerprint density at radius 1 is 0.825 bits per heavy atom. The van der Waals surface area contributed by atoms with Crippen molar-refractivity contribution in [1.29, 1.82) is 0 Å². The highest BCUT2D eigenvalue weighted by Gasteiger charge is 2.15. The van der Waals surface area contributed by atoms with Crippen molar-refractivity contribution in [2.45, 2.75) is 13.0 Å². The molecule has 0 atom stereocenters. The molecule has 0 spiro atoms. The predicted octanol–water partition coefficient (Wildman–Crippen LogP) is 7.23. The SMILES string of the molecule is COC(=O)c1cc(Cl)ccc1NC(=O)Cc1ccc(Oc2ccc3cc(OCc4ccccc4)ccc3c2)nc1. The zero-order valence-electron chi connectivity index (χ0n) is 21.6. The van der Waals surface area contributed by atoms with Crippen LogP contribution in [0.25, 0.3) is 10.8 Å². The number of esters is 1. The average Bonchev–Trinajstić information content (AvgIpc) is 2.98. The number of rotatable bonds is 9. The second kappa shape index (κ2) is 12.3. The summed E-state index contributed by atoms with van der Waals surface area (Å²) in [6.07, 6.45) is 1.64. The molecular formula is C32H25ClN2O5. The van der Waals surface area contributed by atoms with Gasteiger partial charge in [-0.2, -0.15) is 0 Å². The molecule has 5 rings (SSSR count). The summed E-state index contributed by atoms with van der Waals surface area (Å²) in [4.78, 5) is 29.0. The molecule has 0 saturated heterocycles. The molecule has 5 aromatic rings. The van der Waals surface area contributed by atoms with E-state index in [2.05, 4.69) is 10.3 Å². The van der Waals surface area contributed by atoms with Crippen LogP contribution in [-0.2, 0) is 22.6 Å². The number of methoxy groups -OCH3 is 1. The van der Waals surface area contributed by atoms with Crippen LogP contribution in [0.3, 0.4) is 0 Å². The zero-order chi connectivity index (χ0) is 27.9. The smallest absolute Gasteiger partial charge is 0.340 e. The number of benzene rings is 4. The van der Waals surface area contributed by atoms with E-state index < -0.39 is 5.97 Å². The Balaban J connectivity index is 1.19. The summed E-state index contributed by atoms with van der Waals surface area (Å²) in [5.41, 5.74) is 2.29. The Morgan fingerprint density at radius 2 is 1.57 bits per heavy atom. The zero-order valence-corrected chi connectivity index (χ0v) is 22.4. The maximum Gasteiger partial charge on any atom is 0.340 e. The molecule has 0 saturated carbocycles. The molecule has 1 aromatic heterocycles. The lowest BCUT2D eigenvalue weighted by Gasteiger charge is -2.11. The summed E-state index contributed by atoms with van der Waals surface area (Å²) in [5.74, 6) is 0.929. The van der Waals surface area contributed by atoms with E-state index in [-0.39, 0.29) is 17.9 Å². The molecule has 0 bridgehead atoms. The van der Waals surface area contributed by atoms with Crippen molar-refractivity contribution >= 4 is 39.9 Å². The second-order valence-corrected chi connectivity index (χ2v) is 9.39. The molecule has 8 heteroatoms. The van der Waals surface area contributed by atoms with Gasteiger partial charge in [0.25, 0.3) is 0 Å². The van der Waals surface area contributed by atoms with Crippen LogP contribution in [0.15, 0.2) is 103 Å². The van der Waals surface area contributed by atoms with Crippen LogP contribution in [-0.4, -0.2) is 24.0 Å². The number of hydrogen-bond acceptors (Lipinski definition) is 6. The first-order valence-electron chi connectivity index (χ1n) is 12.5. The molecular weight excluding hydrogens is 528 g/mol. The van der Waals surface area contributed by atoms with E-state index in [0.717, 1.165) is 22.1 Å². The number of carbonyl (C=O) groups excluding carboxylic acids is 2. The van der Waals surface area contributed by atoms with Crippen LogP contribution in [0.4, 0.5) is 5.69 Å². The summed E-state index contributed by atoms with van der Waals surface area (Å²) < 4.78 is 16.6. The van der Waals surface area contributed by atoms with Crippen LogP contribution >= 0.6 is 11.6 Å². The minimum absolute atomic E-state index is 0.0567. The van der Waals surface area contributed by atoms with Gasteiger partial charge in [0.1, 0.15) is 18.1 Å². The fraction of sp³-hybridized carbons (Fsp3) is 0.0938. The van der Waals surface area contributed by atoms with Gasteiger partial charge in [0.2, 0.25) is 11.8 Å². The molecule has 0 aliphatic rings. The monoisotopic (exact) mass is 552 g/mol. The molecule has 0 aliphatic heterocycles. The molecule has 7 nitrogen and oxygen atoms in total. The lowest BCUT2D eigenvalue weighted by Crippen LogP contribution is -2.17. The third-order valence-corrected chi connectivity index (χ3v) is 6.31. The molecule has 0 radical (unpaired) electrons. The minimum atomic E-state index is -0.591. The van der Waals surface area contributed by atoms with Gasteiger partial charge in [-0.1, -0.05) is 60.1 Å². The van der Waals surface area contributed by atoms with Crippen molar-refractivity contribution < 1.29 is 23.8 Å². The maximum absolute atomic E-state index is 12.6. The standard InChI is InChI=1S/C32H25ClN2O5/c1-38-32(37)28-18-25(33)10-13-29(28)35-30(36)15-22-7-14-31(34-19-22)40-27-12-9-23-16-26(11-8-24(23)17-27)39-20-21-5-3-2-4-6-21/h2-14,16-19H,15,20H2,1H3,(H,35,36). The number of amides is 1. The Kier molecular flexibility index (Phi) is 8.23. The summed E-state index contributed by atoms with van der Waals surface area (Å²) in [5, 5.41) is 5.13. The first kappa shape index (κ1) is 26.7. The first-order valence-corrected chi connectivity index (χ1v) is 12.9. The average molecular weight is 553 g/mol. The Labute approximate surface area is 236 Å². The van der Waals surface area contributed by atoms with E-state index in [1.165, 1.54) is 13.2 Å². The lowest BCUT2D eigenvalue weighted by atomic mass is 10.1. The van der Waals surface area contributed by atoms with Crippen LogP contribution in [0.5, 0.6) is 17.4 Å². The summed E-state index contributed by atoms with van der Waals surface area (Å²) in [6, 6.07) is 29.8. The molecule has 0 aliphatic carbocycles. The summed E-state index contributed by atoms with van der Waals surface area (Å²) in [7, 11) is 1.26. The van der Waals surface area contributed by atoms with Crippen molar-refractivity contribution in [3.05, 3.63) is 125 Å². The molecule has 0 fully saturated rings. The largest absolute Gasteiger partial charge is 0.489 e. The van der Waals surface area contributed by atoms with Crippen LogP contribution in [0.1, 0.15) is 21.5 Å². The molecule has 1 heterocycles. The van der Waals surface area contributed by atoms with E-state index >= 15 is 0 Å². The van der Waals surface area contributed by atoms with Gasteiger partial charge in [-0.05, 0) is 64.4 Å². The van der Waals surface area contributed by atoms with Gasteiger partial charge < -0.3 is 19.5 Å². The van der Waals surface area contributed by atoms with E-state index in [4.69, 9.17) is 25.8 Å². The number of nitrogens with zero attached hydrogens (tertiary/aromatic N) is 1. The fourth-order valence-corrected chi connectivity index (χ4v) is 4.25. The summed E-state index contributed by atoms with van der Waals surface area (Å²) in [6.45, 7) is 0.506. The highest BCUT2D eigenvalue weighted by atomic mass is 35.5. The van der Waals surface area contributed by atoms with Gasteiger partial charge >= 0.3 is 5.97 Å². The highest BCUT2D eigenvalue weighted by Crippen LogP contribution is 2.28. The summed E-state index contributed by atoms with van der Waals surface area (Å²) >= 11 is 5.98. The molecule has 200 valence electrons. The fourth-order valence-electron chi connectivity index (χ4n) is 4.08. The Hall–Kier alpha value is -4.88. The first-order chi connectivity index (χ1) is 19.5. The minimum Gasteiger partial charge on any atom is -0.489 e. The Morgan fingerprint density at radius 3 is 2.30 bits per heavy atom. The van der Waals surface area contributed by atoms with Crippen molar-refractivity contribution in [2.75, 3.05) is 12.4 Å². The Bertz CT molecular complexity index is 1660. The topological polar surface area (TPSA) is 86.8 Å². The maximum atomic E-state index is 12.6. The van der Waals surface area contributed by atoms with E-state index in [1.54, 1.807) is 30.5 Å². The van der Waals surface area contributed by atoms with Crippen molar-refractivity contribution in [2.24, 2.45) is 0 Å². The third kappa shape index (κ3) is 6.76. The quantitative estimate of drug-likeness (QED) is 0.194. The van der Waals surface area contributed by atoms with Crippen molar-refractivity contribution in [3.8, 4) is 17.4 Å². The van der Waals surface area contributed by atoms with E-state index in [9.17, 15) is 9.59 Å². The van der Waals surface area contributed by atoms with E-state index in [1.807, 2.05) is 66.7 Å². The van der Waals surface area contributed by atoms with Gasteiger partial charge in [0.05, 0.1) is 24.8 Å². The van der Waals surface area contributed by atoms with Crippen LogP contribution in [0.2, 0.25) is 5.02 Å². The predicted molar refractivity (Wildman–Crippen MR) is 154 cm³/mol. The highest BCUT2D eigenvalue weighted by molar-refractivity contribution is 6.31. The van der Waals surface area contributed by atoms with Crippen LogP contribution in [0, 0.1) is 0 Å². The van der Waals surface area contributed by atoms with Crippen LogP contribution < -0.4 is 14.8 Å². The second-order valence-electron chi connectivity index (χ2n) is 8.96. The molecule has 0 unspecified atom stereocenters. The number of aromatic nitrogens is 1. The van der Waals surface area contributed by atoms with Gasteiger partial charge in [0.15, 0.2) is 0 Å². The number of anilines is 1. The molecule has 1 N–H and O–H groups in total. The van der Waals surface area contributed by atoms with Crippen molar-refractivity contribution in [3.63, 3.8) is 0 Å². The number of hydrogen-bond donors (Lipinski definition) is 1. The molecule has 1 amide bonds. The van der Waals surface area contributed by atoms with Crippen molar-refractivity contribution in [1.82, 2.24) is 4.98 Å². The molecule has 40 heavy (non-hydrogen) atoms. The van der Waals surface area contributed by atoms with E-state index in [0.29, 0.717) is 34.5 Å². The van der Waals surface area contributed by atoms with Gasteiger partial charge in [-0.3, -0.25) is 4.79 Å².